The molecule has 0 amide bonds. The lowest BCUT2D eigenvalue weighted by Gasteiger charge is -2.18. The van der Waals surface area contributed by atoms with Crippen LogP contribution in [-0.4, -0.2) is 29.6 Å². The third kappa shape index (κ3) is 3.17. The van der Waals surface area contributed by atoms with E-state index < -0.39 is 36.0 Å². The molecule has 0 spiro atoms. The molecule has 0 bridgehead atoms. The van der Waals surface area contributed by atoms with E-state index in [-0.39, 0.29) is 6.92 Å². The summed E-state index contributed by atoms with van der Waals surface area (Å²) in [5.41, 5.74) is 0. The van der Waals surface area contributed by atoms with Crippen molar-refractivity contribution in [1.29, 1.82) is 0 Å². The van der Waals surface area contributed by atoms with Gasteiger partial charge in [-0.1, -0.05) is 0 Å². The van der Waals surface area contributed by atoms with Gasteiger partial charge in [-0.05, 0) is 0 Å². The van der Waals surface area contributed by atoms with Gasteiger partial charge in [0.15, 0.2) is 0 Å². The Morgan fingerprint density at radius 1 is 0.875 bits per heavy atom. The number of carbonyl (C=O) groups excluding carboxylic acids is 2. The lowest BCUT2D eigenvalue weighted by atomic mass is 10.1. The molecule has 0 rings (SSSR count). The summed E-state index contributed by atoms with van der Waals surface area (Å²) in [6.07, 6.45) is -8.37. The van der Waals surface area contributed by atoms with Crippen LogP contribution in [0.15, 0.2) is 0 Å². The largest absolute Gasteiger partial charge is 0.461 e. The van der Waals surface area contributed by atoms with Crippen LogP contribution in [0.4, 0.5) is 30.7 Å². The number of carbonyl (C=O) groups is 2. The smallest absolute Gasteiger partial charge is 0.292 e. The van der Waals surface area contributed by atoms with E-state index in [1.807, 2.05) is 0 Å². The lowest BCUT2D eigenvalue weighted by Crippen LogP contribution is -2.46. The zero-order chi connectivity index (χ0) is 13.4. The van der Waals surface area contributed by atoms with Crippen molar-refractivity contribution >= 4 is 11.6 Å². The molecule has 0 radical (unpaired) electrons. The van der Waals surface area contributed by atoms with E-state index >= 15 is 0 Å². The van der Waals surface area contributed by atoms with Gasteiger partial charge in [0.1, 0.15) is 0 Å². The molecule has 0 unspecified atom stereocenters. The summed E-state index contributed by atoms with van der Waals surface area (Å²) < 4.78 is 83.4. The molecule has 0 aliphatic heterocycles. The number of hydrogen-bond acceptors (Lipinski definition) is 2. The van der Waals surface area contributed by atoms with Gasteiger partial charge in [0.05, 0.1) is 6.42 Å². The molecular weight excluding hydrogens is 249 g/mol. The molecule has 2 nitrogen and oxygen atoms in total. The highest BCUT2D eigenvalue weighted by atomic mass is 19.4. The van der Waals surface area contributed by atoms with Gasteiger partial charge in [-0.2, -0.15) is 30.7 Å². The topological polar surface area (TPSA) is 34.1 Å². The van der Waals surface area contributed by atoms with Crippen LogP contribution in [0.1, 0.15) is 13.3 Å². The Hall–Kier alpha value is -1.15. The number of ketones is 2. The number of rotatable bonds is 4. The van der Waals surface area contributed by atoms with Crippen LogP contribution >= 0.6 is 0 Å². The Labute approximate surface area is 84.4 Å². The Morgan fingerprint density at radius 2 is 1.25 bits per heavy atom. The summed E-state index contributed by atoms with van der Waals surface area (Å²) in [5.74, 6) is -15.1. The second-order valence-electron chi connectivity index (χ2n) is 2.98. The Balaban J connectivity index is 4.80. The average molecular weight is 254 g/mol. The monoisotopic (exact) mass is 254 g/mol. The van der Waals surface area contributed by atoms with Crippen molar-refractivity contribution in [3.63, 3.8) is 0 Å². The molecule has 0 N–H and O–H groups in total. The fourth-order valence-electron chi connectivity index (χ4n) is 0.570. The third-order valence-electron chi connectivity index (χ3n) is 1.52. The highest BCUT2D eigenvalue weighted by molar-refractivity contribution is 6.05. The first-order valence-corrected chi connectivity index (χ1v) is 3.69. The highest BCUT2D eigenvalue weighted by Crippen LogP contribution is 2.37. The molecule has 94 valence electrons. The number of halogens is 7. The fourth-order valence-corrected chi connectivity index (χ4v) is 0.570. The zero-order valence-corrected chi connectivity index (χ0v) is 7.67. The van der Waals surface area contributed by atoms with E-state index in [4.69, 9.17) is 0 Å². The van der Waals surface area contributed by atoms with E-state index in [1.165, 1.54) is 0 Å². The lowest BCUT2D eigenvalue weighted by molar-refractivity contribution is -0.268. The summed E-state index contributed by atoms with van der Waals surface area (Å²) in [6.45, 7) is -0.00561. The first-order chi connectivity index (χ1) is 6.80. The average Bonchev–Trinajstić information content (AvgIpc) is 1.99. The van der Waals surface area contributed by atoms with Crippen molar-refractivity contribution in [3.8, 4) is 0 Å². The van der Waals surface area contributed by atoms with Gasteiger partial charge in [0, 0.05) is 6.92 Å². The zero-order valence-electron chi connectivity index (χ0n) is 7.67. The van der Waals surface area contributed by atoms with Crippen molar-refractivity contribution in [1.82, 2.24) is 0 Å². The standard InChI is InChI=1S/C7H5F7O2/c1-5(8,9)3(15)2-4(16)6(10,11)7(12,13)14/h2H2,1H3. The number of alkyl halides is 7. The van der Waals surface area contributed by atoms with Crippen LogP contribution in [0.25, 0.3) is 0 Å². The van der Waals surface area contributed by atoms with Crippen molar-refractivity contribution < 1.29 is 40.3 Å². The summed E-state index contributed by atoms with van der Waals surface area (Å²) in [4.78, 5) is 20.7. The van der Waals surface area contributed by atoms with Gasteiger partial charge in [-0.25, -0.2) is 0 Å². The van der Waals surface area contributed by atoms with Gasteiger partial charge in [0.2, 0.25) is 11.6 Å². The summed E-state index contributed by atoms with van der Waals surface area (Å²) in [6, 6.07) is 0. The third-order valence-corrected chi connectivity index (χ3v) is 1.52. The molecule has 0 aromatic rings. The van der Waals surface area contributed by atoms with E-state index in [0.717, 1.165) is 0 Å². The molecular formula is C7H5F7O2. The first-order valence-electron chi connectivity index (χ1n) is 3.69. The summed E-state index contributed by atoms with van der Waals surface area (Å²) in [7, 11) is 0. The predicted octanol–water partition coefficient (Wildman–Crippen LogP) is 2.37. The van der Waals surface area contributed by atoms with E-state index in [9.17, 15) is 40.3 Å². The maximum Gasteiger partial charge on any atom is 0.461 e. The predicted molar refractivity (Wildman–Crippen MR) is 36.3 cm³/mol. The maximum absolute atomic E-state index is 12.2. The molecule has 0 aromatic heterocycles. The van der Waals surface area contributed by atoms with Gasteiger partial charge in [-0.15, -0.1) is 0 Å². The molecule has 0 saturated carbocycles. The maximum atomic E-state index is 12.2. The van der Waals surface area contributed by atoms with E-state index in [2.05, 4.69) is 0 Å². The number of Topliss-reactive ketones (excluding diaryl/α,β-unsaturated/α-hetero) is 2. The molecule has 0 aromatic carbocycles. The summed E-state index contributed by atoms with van der Waals surface area (Å²) in [5, 5.41) is 0. The van der Waals surface area contributed by atoms with Gasteiger partial charge in [0.25, 0.3) is 0 Å². The molecule has 9 heteroatoms. The second kappa shape index (κ2) is 4.02. The highest BCUT2D eigenvalue weighted by Gasteiger charge is 2.63. The van der Waals surface area contributed by atoms with Crippen molar-refractivity contribution in [2.75, 3.05) is 0 Å². The molecule has 0 atom stereocenters. The number of hydrogen-bond donors (Lipinski definition) is 0. The van der Waals surface area contributed by atoms with Crippen LogP contribution < -0.4 is 0 Å². The van der Waals surface area contributed by atoms with Crippen molar-refractivity contribution in [2.45, 2.75) is 31.4 Å². The minimum atomic E-state index is -6.20. The molecule has 0 saturated heterocycles. The molecule has 0 aliphatic rings. The Kier molecular flexibility index (Phi) is 3.73. The van der Waals surface area contributed by atoms with Crippen LogP contribution in [0.5, 0.6) is 0 Å². The summed E-state index contributed by atoms with van der Waals surface area (Å²) >= 11 is 0. The second-order valence-corrected chi connectivity index (χ2v) is 2.98. The van der Waals surface area contributed by atoms with E-state index in [1.54, 1.807) is 0 Å². The molecule has 16 heavy (non-hydrogen) atoms. The first kappa shape index (κ1) is 14.8. The van der Waals surface area contributed by atoms with Crippen molar-refractivity contribution in [2.24, 2.45) is 0 Å². The molecule has 0 aliphatic carbocycles. The fraction of sp³-hybridized carbons (Fsp3) is 0.714. The normalized spacial score (nSPS) is 13.8. The quantitative estimate of drug-likeness (QED) is 0.570. The molecule has 0 fully saturated rings. The van der Waals surface area contributed by atoms with Crippen LogP contribution in [-0.2, 0) is 9.59 Å². The van der Waals surface area contributed by atoms with Crippen LogP contribution in [0, 0.1) is 0 Å². The Morgan fingerprint density at radius 3 is 1.50 bits per heavy atom. The van der Waals surface area contributed by atoms with Gasteiger partial charge >= 0.3 is 18.0 Å². The van der Waals surface area contributed by atoms with Gasteiger partial charge in [-0.3, -0.25) is 9.59 Å². The Bertz CT molecular complexity index is 299. The van der Waals surface area contributed by atoms with Crippen LogP contribution in [0.3, 0.4) is 0 Å². The van der Waals surface area contributed by atoms with Crippen LogP contribution in [0.2, 0.25) is 0 Å². The minimum Gasteiger partial charge on any atom is -0.292 e. The van der Waals surface area contributed by atoms with Gasteiger partial charge < -0.3 is 0 Å². The van der Waals surface area contributed by atoms with Crippen molar-refractivity contribution in [3.05, 3.63) is 0 Å². The SMILES string of the molecule is CC(F)(F)C(=O)CC(=O)C(F)(F)C(F)(F)F. The minimum absolute atomic E-state index is 0.00561. The van der Waals surface area contributed by atoms with E-state index in [0.29, 0.717) is 0 Å². The molecule has 0 heterocycles.